The summed E-state index contributed by atoms with van der Waals surface area (Å²) in [5.74, 6) is 1.13. The molecule has 0 bridgehead atoms. The van der Waals surface area contributed by atoms with Gasteiger partial charge in [-0.05, 0) is 37.0 Å². The van der Waals surface area contributed by atoms with Crippen LogP contribution in [0.5, 0.6) is 0 Å². The standard InChI is InChI=1S/C9H14N2S2/c1-11(2)7-8-12-13-9-5-3-4-6-10-9/h3-6H,7-8H2,1-2H3. The molecule has 0 N–H and O–H groups in total. The molecule has 1 heterocycles. The van der Waals surface area contributed by atoms with Crippen molar-refractivity contribution in [1.29, 1.82) is 0 Å². The van der Waals surface area contributed by atoms with Crippen molar-refractivity contribution >= 4 is 21.6 Å². The van der Waals surface area contributed by atoms with E-state index >= 15 is 0 Å². The van der Waals surface area contributed by atoms with Gasteiger partial charge >= 0.3 is 0 Å². The van der Waals surface area contributed by atoms with Crippen molar-refractivity contribution in [3.8, 4) is 0 Å². The molecule has 72 valence electrons. The van der Waals surface area contributed by atoms with E-state index < -0.39 is 0 Å². The van der Waals surface area contributed by atoms with Gasteiger partial charge in [0, 0.05) is 18.5 Å². The van der Waals surface area contributed by atoms with Crippen molar-refractivity contribution in [2.24, 2.45) is 0 Å². The molecule has 2 nitrogen and oxygen atoms in total. The van der Waals surface area contributed by atoms with Crippen LogP contribution >= 0.6 is 21.6 Å². The Hall–Kier alpha value is -0.190. The number of rotatable bonds is 5. The summed E-state index contributed by atoms with van der Waals surface area (Å²) in [5, 5.41) is 1.09. The zero-order valence-corrected chi connectivity index (χ0v) is 9.57. The summed E-state index contributed by atoms with van der Waals surface area (Å²) in [6, 6.07) is 5.99. The van der Waals surface area contributed by atoms with Gasteiger partial charge in [0.2, 0.25) is 0 Å². The Morgan fingerprint density at radius 3 is 2.85 bits per heavy atom. The molecule has 0 aromatic carbocycles. The monoisotopic (exact) mass is 214 g/mol. The summed E-state index contributed by atoms with van der Waals surface area (Å²) in [6.07, 6.45) is 1.83. The first-order chi connectivity index (χ1) is 6.29. The fraction of sp³-hybridized carbons (Fsp3) is 0.444. The van der Waals surface area contributed by atoms with Crippen LogP contribution in [0.25, 0.3) is 0 Å². The third-order valence-corrected chi connectivity index (χ3v) is 3.65. The highest BCUT2D eigenvalue weighted by molar-refractivity contribution is 8.76. The van der Waals surface area contributed by atoms with Crippen molar-refractivity contribution in [3.05, 3.63) is 24.4 Å². The van der Waals surface area contributed by atoms with Crippen molar-refractivity contribution in [1.82, 2.24) is 9.88 Å². The van der Waals surface area contributed by atoms with Gasteiger partial charge in [0.05, 0.1) is 0 Å². The van der Waals surface area contributed by atoms with Crippen molar-refractivity contribution in [3.63, 3.8) is 0 Å². The van der Waals surface area contributed by atoms with Crippen LogP contribution in [0, 0.1) is 0 Å². The fourth-order valence-corrected chi connectivity index (χ4v) is 2.73. The Balaban J connectivity index is 2.13. The van der Waals surface area contributed by atoms with Crippen molar-refractivity contribution in [2.75, 3.05) is 26.4 Å². The highest BCUT2D eigenvalue weighted by Crippen LogP contribution is 2.28. The molecule has 1 aromatic rings. The van der Waals surface area contributed by atoms with Crippen LogP contribution in [0.15, 0.2) is 29.4 Å². The third kappa shape index (κ3) is 5.18. The van der Waals surface area contributed by atoms with Crippen molar-refractivity contribution < 1.29 is 0 Å². The maximum absolute atomic E-state index is 4.22. The van der Waals surface area contributed by atoms with E-state index in [2.05, 4.69) is 24.0 Å². The number of pyridine rings is 1. The lowest BCUT2D eigenvalue weighted by Gasteiger charge is -2.07. The van der Waals surface area contributed by atoms with E-state index in [4.69, 9.17) is 0 Å². The minimum Gasteiger partial charge on any atom is -0.309 e. The molecule has 0 aliphatic rings. The maximum Gasteiger partial charge on any atom is 0.106 e. The van der Waals surface area contributed by atoms with Gasteiger partial charge in [-0.2, -0.15) is 0 Å². The Kier molecular flexibility index (Phi) is 5.27. The van der Waals surface area contributed by atoms with Gasteiger partial charge in [-0.3, -0.25) is 0 Å². The highest BCUT2D eigenvalue weighted by Gasteiger charge is 1.95. The molecule has 1 aromatic heterocycles. The van der Waals surface area contributed by atoms with Crippen LogP contribution < -0.4 is 0 Å². The first kappa shape index (κ1) is 10.9. The molecule has 0 amide bonds. The van der Waals surface area contributed by atoms with Gasteiger partial charge in [0.15, 0.2) is 0 Å². The van der Waals surface area contributed by atoms with E-state index in [-0.39, 0.29) is 0 Å². The van der Waals surface area contributed by atoms with E-state index in [9.17, 15) is 0 Å². The molecule has 0 unspecified atom stereocenters. The van der Waals surface area contributed by atoms with Crippen LogP contribution in [0.3, 0.4) is 0 Å². The zero-order valence-electron chi connectivity index (χ0n) is 7.93. The minimum atomic E-state index is 1.09. The van der Waals surface area contributed by atoms with E-state index in [0.717, 1.165) is 17.3 Å². The Morgan fingerprint density at radius 1 is 1.38 bits per heavy atom. The van der Waals surface area contributed by atoms with Crippen LogP contribution in [0.1, 0.15) is 0 Å². The van der Waals surface area contributed by atoms with Crippen LogP contribution in [0.2, 0.25) is 0 Å². The van der Waals surface area contributed by atoms with Crippen LogP contribution in [-0.2, 0) is 0 Å². The number of nitrogens with zero attached hydrogens (tertiary/aromatic N) is 2. The van der Waals surface area contributed by atoms with Crippen molar-refractivity contribution in [2.45, 2.75) is 5.03 Å². The predicted octanol–water partition coefficient (Wildman–Crippen LogP) is 2.38. The second-order valence-corrected chi connectivity index (χ2v) is 5.31. The molecule has 0 saturated carbocycles. The highest BCUT2D eigenvalue weighted by atomic mass is 33.1. The Labute approximate surface area is 87.5 Å². The number of hydrogen-bond donors (Lipinski definition) is 0. The SMILES string of the molecule is CN(C)CCSSc1ccccn1. The molecule has 13 heavy (non-hydrogen) atoms. The molecule has 1 rings (SSSR count). The maximum atomic E-state index is 4.22. The minimum absolute atomic E-state index is 1.09. The second kappa shape index (κ2) is 6.29. The summed E-state index contributed by atoms with van der Waals surface area (Å²) in [4.78, 5) is 6.41. The molecule has 0 aliphatic heterocycles. The molecule has 0 atom stereocenters. The lowest BCUT2D eigenvalue weighted by Crippen LogP contribution is -2.14. The first-order valence-corrected chi connectivity index (χ1v) is 6.46. The second-order valence-electron chi connectivity index (χ2n) is 2.88. The largest absolute Gasteiger partial charge is 0.309 e. The topological polar surface area (TPSA) is 16.1 Å². The summed E-state index contributed by atoms with van der Waals surface area (Å²) in [7, 11) is 7.77. The van der Waals surface area contributed by atoms with Gasteiger partial charge < -0.3 is 4.90 Å². The molecular weight excluding hydrogens is 200 g/mol. The average Bonchev–Trinajstić information content (AvgIpc) is 2.14. The van der Waals surface area contributed by atoms with E-state index in [0.29, 0.717) is 0 Å². The van der Waals surface area contributed by atoms with E-state index in [1.807, 2.05) is 35.2 Å². The molecule has 0 aliphatic carbocycles. The molecule has 0 fully saturated rings. The summed E-state index contributed by atoms with van der Waals surface area (Å²) < 4.78 is 0. The normalized spacial score (nSPS) is 10.7. The lowest BCUT2D eigenvalue weighted by molar-refractivity contribution is 0.438. The lowest BCUT2D eigenvalue weighted by atomic mass is 10.5. The van der Waals surface area contributed by atoms with Gasteiger partial charge in [-0.25, -0.2) is 4.98 Å². The zero-order chi connectivity index (χ0) is 9.52. The fourth-order valence-electron chi connectivity index (χ4n) is 0.718. The van der Waals surface area contributed by atoms with Gasteiger partial charge in [0.1, 0.15) is 5.03 Å². The molecular formula is C9H14N2S2. The summed E-state index contributed by atoms with van der Waals surface area (Å²) >= 11 is 0. The first-order valence-electron chi connectivity index (χ1n) is 4.14. The number of hydrogen-bond acceptors (Lipinski definition) is 4. The third-order valence-electron chi connectivity index (χ3n) is 1.40. The van der Waals surface area contributed by atoms with Gasteiger partial charge in [-0.1, -0.05) is 16.9 Å². The Morgan fingerprint density at radius 2 is 2.23 bits per heavy atom. The van der Waals surface area contributed by atoms with Gasteiger partial charge in [0.25, 0.3) is 0 Å². The van der Waals surface area contributed by atoms with Crippen LogP contribution in [0.4, 0.5) is 0 Å². The number of aromatic nitrogens is 1. The molecule has 4 heteroatoms. The van der Waals surface area contributed by atoms with Crippen LogP contribution in [-0.4, -0.2) is 36.3 Å². The molecule has 0 spiro atoms. The predicted molar refractivity (Wildman–Crippen MR) is 61.1 cm³/mol. The quantitative estimate of drug-likeness (QED) is 0.552. The van der Waals surface area contributed by atoms with Gasteiger partial charge in [-0.15, -0.1) is 0 Å². The summed E-state index contributed by atoms with van der Waals surface area (Å²) in [6.45, 7) is 1.12. The summed E-state index contributed by atoms with van der Waals surface area (Å²) in [5.41, 5.74) is 0. The van der Waals surface area contributed by atoms with E-state index in [1.54, 1.807) is 10.8 Å². The smallest absolute Gasteiger partial charge is 0.106 e. The van der Waals surface area contributed by atoms with E-state index in [1.165, 1.54) is 0 Å². The molecule has 0 radical (unpaired) electrons. The average molecular weight is 214 g/mol. The molecule has 0 saturated heterocycles. The Bertz CT molecular complexity index is 226.